The maximum absolute atomic E-state index is 2.67. The Kier molecular flexibility index (Phi) is 1.76. The molecule has 0 nitrogen and oxygen atoms in total. The second-order valence-corrected chi connectivity index (χ2v) is 8.86. The van der Waals surface area contributed by atoms with Gasteiger partial charge in [-0.25, -0.2) is 0 Å². The normalized spacial score (nSPS) is 46.0. The van der Waals surface area contributed by atoms with Gasteiger partial charge in [-0.3, -0.25) is 0 Å². The molecule has 0 aliphatic heterocycles. The van der Waals surface area contributed by atoms with Crippen LogP contribution in [0, 0.1) is 11.8 Å². The van der Waals surface area contributed by atoms with E-state index >= 15 is 0 Å². The Morgan fingerprint density at radius 2 is 1.22 bits per heavy atom. The third kappa shape index (κ3) is 0.957. The van der Waals surface area contributed by atoms with Gasteiger partial charge < -0.3 is 0 Å². The Labute approximate surface area is 83.4 Å². The molecule has 0 aromatic rings. The van der Waals surface area contributed by atoms with Crippen LogP contribution in [0.15, 0.2) is 0 Å². The molecule has 0 saturated heterocycles. The summed E-state index contributed by atoms with van der Waals surface area (Å²) < 4.78 is 0.662. The minimum atomic E-state index is 0.662. The largest absolute Gasteiger partial charge is 0.0790 e. The van der Waals surface area contributed by atoms with Gasteiger partial charge in [0.05, 0.1) is 1.43 Å². The Morgan fingerprint density at radius 3 is 1.33 bits per heavy atom. The summed E-state index contributed by atoms with van der Waals surface area (Å²) in [4.78, 5) is 0. The average Bonchev–Trinajstić information content (AvgIpc) is 2.24. The zero-order chi connectivity index (χ0) is 6.48. The third-order valence-electron chi connectivity index (χ3n) is 2.82. The van der Waals surface area contributed by atoms with E-state index in [-0.39, 0.29) is 0 Å². The highest BCUT2D eigenvalue weighted by Gasteiger charge is 2.50. The van der Waals surface area contributed by atoms with Crippen LogP contribution in [0.1, 0.15) is 25.7 Å². The van der Waals surface area contributed by atoms with Gasteiger partial charge in [0, 0.05) is 0 Å². The fourth-order valence-corrected chi connectivity index (χ4v) is 4.69. The highest BCUT2D eigenvalue weighted by molar-refractivity contribution is 14.2. The second kappa shape index (κ2) is 2.22. The molecule has 2 fully saturated rings. The lowest BCUT2D eigenvalue weighted by Gasteiger charge is -2.18. The predicted molar refractivity (Wildman–Crippen MR) is 56.2 cm³/mol. The average molecular weight is 348 g/mol. The first kappa shape index (κ1) is 7.13. The van der Waals surface area contributed by atoms with Crippen molar-refractivity contribution in [2.24, 2.45) is 11.8 Å². The number of alkyl halides is 2. The molecule has 2 rings (SSSR count). The minimum Gasteiger partial charge on any atom is -0.0666 e. The molecular formula is C7H10I2. The van der Waals surface area contributed by atoms with Gasteiger partial charge in [0.25, 0.3) is 0 Å². The molecule has 2 saturated carbocycles. The lowest BCUT2D eigenvalue weighted by Crippen LogP contribution is -2.15. The smallest absolute Gasteiger partial charge is 0.0666 e. The van der Waals surface area contributed by atoms with E-state index in [1.807, 2.05) is 0 Å². The molecular weight excluding hydrogens is 338 g/mol. The maximum Gasteiger partial charge on any atom is 0.0790 e. The van der Waals surface area contributed by atoms with Gasteiger partial charge in [-0.1, -0.05) is 45.2 Å². The first-order valence-corrected chi connectivity index (χ1v) is 5.75. The van der Waals surface area contributed by atoms with Crippen molar-refractivity contribution < 1.29 is 0 Å². The van der Waals surface area contributed by atoms with Crippen molar-refractivity contribution in [3.8, 4) is 0 Å². The fourth-order valence-electron chi connectivity index (χ4n) is 2.20. The van der Waals surface area contributed by atoms with E-state index in [1.165, 1.54) is 25.7 Å². The lowest BCUT2D eigenvalue weighted by atomic mass is 10.0. The van der Waals surface area contributed by atoms with Crippen LogP contribution >= 0.6 is 45.2 Å². The summed E-state index contributed by atoms with van der Waals surface area (Å²) in [5.74, 6) is 2.12. The van der Waals surface area contributed by atoms with E-state index in [1.54, 1.807) is 0 Å². The van der Waals surface area contributed by atoms with Gasteiger partial charge in [-0.15, -0.1) is 0 Å². The Bertz CT molecular complexity index is 109. The zero-order valence-electron chi connectivity index (χ0n) is 5.24. The van der Waals surface area contributed by atoms with E-state index in [0.29, 0.717) is 1.43 Å². The van der Waals surface area contributed by atoms with Gasteiger partial charge >= 0.3 is 0 Å². The molecule has 0 N–H and O–H groups in total. The standard InChI is InChI=1S/C7H10I2/c8-7(9)5-1-2-6(7)4-3-5/h5-6H,1-4H2. The fraction of sp³-hybridized carbons (Fsp3) is 1.00. The summed E-state index contributed by atoms with van der Waals surface area (Å²) in [5.41, 5.74) is 0. The van der Waals surface area contributed by atoms with Crippen molar-refractivity contribution in [3.63, 3.8) is 0 Å². The summed E-state index contributed by atoms with van der Waals surface area (Å²) in [7, 11) is 0. The highest BCUT2D eigenvalue weighted by Crippen LogP contribution is 2.60. The van der Waals surface area contributed by atoms with Crippen molar-refractivity contribution in [3.05, 3.63) is 0 Å². The molecule has 2 bridgehead atoms. The van der Waals surface area contributed by atoms with E-state index in [9.17, 15) is 0 Å². The Morgan fingerprint density at radius 1 is 0.889 bits per heavy atom. The highest BCUT2D eigenvalue weighted by atomic mass is 127. The van der Waals surface area contributed by atoms with Crippen molar-refractivity contribution in [2.75, 3.05) is 0 Å². The van der Waals surface area contributed by atoms with Crippen molar-refractivity contribution in [2.45, 2.75) is 27.1 Å². The number of fused-ring (bicyclic) bond motifs is 2. The summed E-state index contributed by atoms with van der Waals surface area (Å²) in [6.07, 6.45) is 6.04. The molecule has 0 unspecified atom stereocenters. The summed E-state index contributed by atoms with van der Waals surface area (Å²) in [6.45, 7) is 0. The number of hydrogen-bond acceptors (Lipinski definition) is 0. The van der Waals surface area contributed by atoms with Gasteiger partial charge in [0.1, 0.15) is 0 Å². The Hall–Kier alpha value is 1.46. The number of halogens is 2. The van der Waals surface area contributed by atoms with Crippen molar-refractivity contribution in [1.29, 1.82) is 0 Å². The quantitative estimate of drug-likeness (QED) is 0.465. The maximum atomic E-state index is 2.67. The first-order chi connectivity index (χ1) is 4.21. The molecule has 2 aliphatic carbocycles. The van der Waals surface area contributed by atoms with Crippen molar-refractivity contribution >= 4 is 45.2 Å². The van der Waals surface area contributed by atoms with E-state index in [2.05, 4.69) is 45.2 Å². The molecule has 0 aromatic heterocycles. The molecule has 2 aliphatic rings. The van der Waals surface area contributed by atoms with Crippen molar-refractivity contribution in [1.82, 2.24) is 0 Å². The molecule has 0 spiro atoms. The van der Waals surface area contributed by atoms with Gasteiger partial charge in [0.15, 0.2) is 0 Å². The van der Waals surface area contributed by atoms with Crippen LogP contribution in [0.2, 0.25) is 0 Å². The van der Waals surface area contributed by atoms with Gasteiger partial charge in [-0.05, 0) is 37.5 Å². The molecule has 0 aromatic carbocycles. The molecule has 0 atom stereocenters. The SMILES string of the molecule is IC1(I)C2CCC1CC2. The van der Waals surface area contributed by atoms with Crippen LogP contribution in [0.5, 0.6) is 0 Å². The van der Waals surface area contributed by atoms with Gasteiger partial charge in [0.2, 0.25) is 0 Å². The number of hydrogen-bond donors (Lipinski definition) is 0. The molecule has 52 valence electrons. The summed E-state index contributed by atoms with van der Waals surface area (Å²) >= 11 is 5.33. The minimum absolute atomic E-state index is 0.662. The monoisotopic (exact) mass is 348 g/mol. The molecule has 0 heterocycles. The molecule has 2 heteroatoms. The summed E-state index contributed by atoms with van der Waals surface area (Å²) in [6, 6.07) is 0. The molecule has 0 radical (unpaired) electrons. The third-order valence-corrected chi connectivity index (χ3v) is 6.34. The molecule has 9 heavy (non-hydrogen) atoms. The van der Waals surface area contributed by atoms with E-state index in [4.69, 9.17) is 0 Å². The van der Waals surface area contributed by atoms with Crippen LogP contribution in [-0.4, -0.2) is 1.43 Å². The lowest BCUT2D eigenvalue weighted by molar-refractivity contribution is 0.480. The first-order valence-electron chi connectivity index (χ1n) is 3.59. The van der Waals surface area contributed by atoms with Crippen LogP contribution < -0.4 is 0 Å². The van der Waals surface area contributed by atoms with E-state index in [0.717, 1.165) is 11.8 Å². The van der Waals surface area contributed by atoms with E-state index < -0.39 is 0 Å². The summed E-state index contributed by atoms with van der Waals surface area (Å²) in [5, 5.41) is 0. The zero-order valence-corrected chi connectivity index (χ0v) is 9.55. The van der Waals surface area contributed by atoms with Crippen LogP contribution in [-0.2, 0) is 0 Å². The van der Waals surface area contributed by atoms with Crippen LogP contribution in [0.25, 0.3) is 0 Å². The molecule has 0 amide bonds. The predicted octanol–water partition coefficient (Wildman–Crippen LogP) is 3.37. The van der Waals surface area contributed by atoms with Gasteiger partial charge in [-0.2, -0.15) is 0 Å². The van der Waals surface area contributed by atoms with Crippen LogP contribution in [0.3, 0.4) is 0 Å². The van der Waals surface area contributed by atoms with Crippen LogP contribution in [0.4, 0.5) is 0 Å². The topological polar surface area (TPSA) is 0 Å². The number of rotatable bonds is 0. The Balaban J connectivity index is 2.26. The second-order valence-electron chi connectivity index (χ2n) is 3.22.